The van der Waals surface area contributed by atoms with Crippen LogP contribution in [0.4, 0.5) is 8.78 Å². The number of rotatable bonds is 2. The molecule has 0 bridgehead atoms. The molecule has 1 aromatic heterocycles. The van der Waals surface area contributed by atoms with Gasteiger partial charge in [-0.3, -0.25) is 0 Å². The first-order valence-corrected chi connectivity index (χ1v) is 4.21. The number of alkyl halides is 2. The molecule has 0 N–H and O–H groups in total. The average Bonchev–Trinajstić information content (AvgIpc) is 2.03. The fraction of sp³-hybridized carbons (Fsp3) is 0.500. The summed E-state index contributed by atoms with van der Waals surface area (Å²) in [5, 5.41) is 0.0639. The molecule has 72 valence electrons. The van der Waals surface area contributed by atoms with Crippen LogP contribution in [-0.2, 0) is 0 Å². The molecular weight excluding hydrogens is 198 g/mol. The lowest BCUT2D eigenvalue weighted by atomic mass is 10.2. The smallest absolute Gasteiger partial charge is 0.232 e. The zero-order valence-corrected chi connectivity index (χ0v) is 8.02. The average molecular weight is 207 g/mol. The summed E-state index contributed by atoms with van der Waals surface area (Å²) < 4.78 is 24.5. The van der Waals surface area contributed by atoms with Gasteiger partial charge < -0.3 is 0 Å². The standard InChI is InChI=1S/C8H9ClF2N2/c1-4(2)8-12-5(7(10)11)3-6(9)13-8/h3-4,7H,1-2H3. The Morgan fingerprint density at radius 2 is 1.92 bits per heavy atom. The fourth-order valence-corrected chi connectivity index (χ4v) is 1.02. The number of halogens is 3. The summed E-state index contributed by atoms with van der Waals surface area (Å²) in [6.45, 7) is 3.64. The van der Waals surface area contributed by atoms with Crippen LogP contribution in [0.5, 0.6) is 0 Å². The largest absolute Gasteiger partial charge is 0.280 e. The molecule has 0 unspecified atom stereocenters. The molecule has 0 amide bonds. The second-order valence-corrected chi connectivity index (χ2v) is 3.32. The van der Waals surface area contributed by atoms with Crippen molar-refractivity contribution < 1.29 is 8.78 Å². The van der Waals surface area contributed by atoms with Gasteiger partial charge in [-0.2, -0.15) is 0 Å². The number of nitrogens with zero attached hydrogens (tertiary/aromatic N) is 2. The van der Waals surface area contributed by atoms with E-state index in [1.165, 1.54) is 0 Å². The molecule has 0 spiro atoms. The molecule has 0 saturated carbocycles. The Labute approximate surface area is 80.0 Å². The van der Waals surface area contributed by atoms with Crippen LogP contribution < -0.4 is 0 Å². The molecule has 0 aliphatic carbocycles. The molecule has 13 heavy (non-hydrogen) atoms. The Morgan fingerprint density at radius 1 is 1.31 bits per heavy atom. The molecule has 0 aromatic carbocycles. The predicted octanol–water partition coefficient (Wildman–Crippen LogP) is 3.19. The monoisotopic (exact) mass is 206 g/mol. The minimum Gasteiger partial charge on any atom is -0.232 e. The maximum absolute atomic E-state index is 12.2. The van der Waals surface area contributed by atoms with Crippen LogP contribution >= 0.6 is 11.6 Å². The third-order valence-corrected chi connectivity index (χ3v) is 1.67. The van der Waals surface area contributed by atoms with Gasteiger partial charge in [-0.05, 0) is 0 Å². The Morgan fingerprint density at radius 3 is 2.38 bits per heavy atom. The second kappa shape index (κ2) is 3.96. The van der Waals surface area contributed by atoms with Crippen molar-refractivity contribution in [1.29, 1.82) is 0 Å². The zero-order chi connectivity index (χ0) is 10.0. The molecule has 0 aliphatic heterocycles. The van der Waals surface area contributed by atoms with E-state index in [4.69, 9.17) is 11.6 Å². The topological polar surface area (TPSA) is 25.8 Å². The zero-order valence-electron chi connectivity index (χ0n) is 7.26. The van der Waals surface area contributed by atoms with Gasteiger partial charge in [-0.15, -0.1) is 0 Å². The first-order valence-electron chi connectivity index (χ1n) is 3.83. The predicted molar refractivity (Wildman–Crippen MR) is 46.1 cm³/mol. The van der Waals surface area contributed by atoms with E-state index in [-0.39, 0.29) is 16.8 Å². The maximum atomic E-state index is 12.2. The molecule has 1 rings (SSSR count). The van der Waals surface area contributed by atoms with Crippen molar-refractivity contribution in [3.8, 4) is 0 Å². The van der Waals surface area contributed by atoms with Gasteiger partial charge in [-0.25, -0.2) is 18.7 Å². The SMILES string of the molecule is CC(C)c1nc(Cl)cc(C(F)F)n1. The number of hydrogen-bond donors (Lipinski definition) is 0. The second-order valence-electron chi connectivity index (χ2n) is 2.93. The van der Waals surface area contributed by atoms with Gasteiger partial charge in [0.15, 0.2) is 0 Å². The van der Waals surface area contributed by atoms with E-state index in [1.807, 2.05) is 13.8 Å². The quantitative estimate of drug-likeness (QED) is 0.695. The molecule has 2 nitrogen and oxygen atoms in total. The van der Waals surface area contributed by atoms with Gasteiger partial charge in [0, 0.05) is 12.0 Å². The molecule has 0 fully saturated rings. The van der Waals surface area contributed by atoms with Crippen LogP contribution in [0.15, 0.2) is 6.07 Å². The molecule has 1 aromatic rings. The minimum absolute atomic E-state index is 0.00352. The molecule has 1 heterocycles. The summed E-state index contributed by atoms with van der Waals surface area (Å²) in [5.41, 5.74) is -0.316. The summed E-state index contributed by atoms with van der Waals surface area (Å²) in [6.07, 6.45) is -2.60. The molecule has 5 heteroatoms. The molecule has 0 saturated heterocycles. The fourth-order valence-electron chi connectivity index (χ4n) is 0.823. The summed E-state index contributed by atoms with van der Waals surface area (Å²) >= 11 is 5.55. The lowest BCUT2D eigenvalue weighted by molar-refractivity contribution is 0.145. The van der Waals surface area contributed by atoms with Crippen molar-refractivity contribution in [2.75, 3.05) is 0 Å². The van der Waals surface area contributed by atoms with E-state index in [9.17, 15) is 8.78 Å². The highest BCUT2D eigenvalue weighted by Crippen LogP contribution is 2.21. The van der Waals surface area contributed by atoms with E-state index >= 15 is 0 Å². The lowest BCUT2D eigenvalue weighted by Gasteiger charge is -2.06. The Balaban J connectivity index is 3.11. The van der Waals surface area contributed by atoms with Crippen LogP contribution in [-0.4, -0.2) is 9.97 Å². The van der Waals surface area contributed by atoms with Crippen LogP contribution in [0, 0.1) is 0 Å². The van der Waals surface area contributed by atoms with Crippen LogP contribution in [0.25, 0.3) is 0 Å². The van der Waals surface area contributed by atoms with Crippen molar-refractivity contribution in [2.24, 2.45) is 0 Å². The Hall–Kier alpha value is -0.770. The van der Waals surface area contributed by atoms with Gasteiger partial charge in [0.05, 0.1) is 0 Å². The van der Waals surface area contributed by atoms with Gasteiger partial charge in [0.2, 0.25) is 0 Å². The number of aromatic nitrogens is 2. The van der Waals surface area contributed by atoms with Crippen LogP contribution in [0.3, 0.4) is 0 Å². The third kappa shape index (κ3) is 2.59. The molecule has 0 radical (unpaired) electrons. The van der Waals surface area contributed by atoms with Gasteiger partial charge in [0.1, 0.15) is 16.7 Å². The van der Waals surface area contributed by atoms with E-state index in [0.717, 1.165) is 6.07 Å². The van der Waals surface area contributed by atoms with Crippen LogP contribution in [0.1, 0.15) is 37.7 Å². The third-order valence-electron chi connectivity index (χ3n) is 1.47. The summed E-state index contributed by atoms with van der Waals surface area (Å²) in [6, 6.07) is 1.08. The molecule has 0 atom stereocenters. The van der Waals surface area contributed by atoms with Crippen molar-refractivity contribution >= 4 is 11.6 Å². The summed E-state index contributed by atoms with van der Waals surface area (Å²) in [7, 11) is 0. The van der Waals surface area contributed by atoms with Crippen molar-refractivity contribution in [3.63, 3.8) is 0 Å². The Kier molecular flexibility index (Phi) is 3.14. The summed E-state index contributed by atoms with van der Waals surface area (Å²) in [5.74, 6) is 0.346. The van der Waals surface area contributed by atoms with Gasteiger partial charge >= 0.3 is 0 Å². The van der Waals surface area contributed by atoms with Crippen molar-refractivity contribution in [2.45, 2.75) is 26.2 Å². The highest BCUT2D eigenvalue weighted by atomic mass is 35.5. The van der Waals surface area contributed by atoms with E-state index < -0.39 is 6.43 Å². The number of hydrogen-bond acceptors (Lipinski definition) is 2. The van der Waals surface area contributed by atoms with Crippen molar-refractivity contribution in [3.05, 3.63) is 22.7 Å². The van der Waals surface area contributed by atoms with E-state index in [0.29, 0.717) is 5.82 Å². The van der Waals surface area contributed by atoms with Crippen LogP contribution in [0.2, 0.25) is 5.15 Å². The first kappa shape index (κ1) is 10.3. The van der Waals surface area contributed by atoms with Crippen molar-refractivity contribution in [1.82, 2.24) is 9.97 Å². The van der Waals surface area contributed by atoms with E-state index in [1.54, 1.807) is 0 Å². The normalized spacial score (nSPS) is 11.3. The molecular formula is C8H9ClF2N2. The summed E-state index contributed by atoms with van der Waals surface area (Å²) in [4.78, 5) is 7.52. The maximum Gasteiger partial charge on any atom is 0.280 e. The Bertz CT molecular complexity index is 276. The lowest BCUT2D eigenvalue weighted by Crippen LogP contribution is -2.01. The highest BCUT2D eigenvalue weighted by molar-refractivity contribution is 6.29. The van der Waals surface area contributed by atoms with E-state index in [2.05, 4.69) is 9.97 Å². The highest BCUT2D eigenvalue weighted by Gasteiger charge is 2.13. The first-order chi connectivity index (χ1) is 6.00. The minimum atomic E-state index is -2.60. The van der Waals surface area contributed by atoms with Gasteiger partial charge in [0.25, 0.3) is 6.43 Å². The molecule has 0 aliphatic rings. The van der Waals surface area contributed by atoms with Gasteiger partial charge in [-0.1, -0.05) is 25.4 Å².